The maximum atomic E-state index is 13.5. The topological polar surface area (TPSA) is 102 Å². The lowest BCUT2D eigenvalue weighted by Gasteiger charge is -2.13. The first-order valence-electron chi connectivity index (χ1n) is 6.09. The van der Waals surface area contributed by atoms with E-state index in [9.17, 15) is 23.7 Å². The van der Waals surface area contributed by atoms with Crippen LogP contribution in [0.4, 0.5) is 14.5 Å². The molecule has 0 spiro atoms. The summed E-state index contributed by atoms with van der Waals surface area (Å²) in [6.45, 7) is 1.97. The highest BCUT2D eigenvalue weighted by molar-refractivity contribution is 5.73. The van der Waals surface area contributed by atoms with Gasteiger partial charge in [0.05, 0.1) is 17.6 Å². The molecule has 1 rings (SSSR count). The van der Waals surface area contributed by atoms with Crippen LogP contribution >= 0.6 is 0 Å². The number of nitrogens with one attached hydrogen (secondary N) is 1. The molecule has 0 aliphatic rings. The minimum absolute atomic E-state index is 0.0290. The van der Waals surface area contributed by atoms with Crippen molar-refractivity contribution in [2.24, 2.45) is 0 Å². The van der Waals surface area contributed by atoms with Crippen LogP contribution in [0.2, 0.25) is 0 Å². The molecule has 1 unspecified atom stereocenters. The van der Waals surface area contributed by atoms with Crippen molar-refractivity contribution in [2.45, 2.75) is 19.4 Å². The number of benzene rings is 1. The summed E-state index contributed by atoms with van der Waals surface area (Å²) in [5.41, 5.74) is -0.990. The van der Waals surface area contributed by atoms with Gasteiger partial charge in [0, 0.05) is 12.5 Å². The number of carboxylic acid groups (broad SMARTS) is 1. The number of hydrogen-bond acceptors (Lipinski definition) is 5. The van der Waals surface area contributed by atoms with Gasteiger partial charge in [-0.05, 0) is 6.54 Å². The van der Waals surface area contributed by atoms with Crippen molar-refractivity contribution in [3.8, 4) is 5.75 Å². The number of rotatable bonds is 8. The molecule has 0 saturated heterocycles. The van der Waals surface area contributed by atoms with Crippen LogP contribution < -0.4 is 10.1 Å². The van der Waals surface area contributed by atoms with Gasteiger partial charge in [0.25, 0.3) is 0 Å². The molecule has 0 amide bonds. The fourth-order valence-corrected chi connectivity index (χ4v) is 1.61. The van der Waals surface area contributed by atoms with Crippen molar-refractivity contribution < 1.29 is 28.3 Å². The highest BCUT2D eigenvalue weighted by Gasteiger charge is 2.20. The Hall–Kier alpha value is -2.29. The number of aliphatic carboxylic acids is 1. The largest absolute Gasteiger partial charge is 0.490 e. The number of ether oxygens (including phenoxy) is 1. The molecule has 0 fully saturated rings. The van der Waals surface area contributed by atoms with Crippen molar-refractivity contribution in [3.05, 3.63) is 33.9 Å². The summed E-state index contributed by atoms with van der Waals surface area (Å²) in [6, 6.07) is 0.112. The lowest BCUT2D eigenvalue weighted by molar-refractivity contribution is -0.387. The summed E-state index contributed by atoms with van der Waals surface area (Å²) in [4.78, 5) is 20.2. The average Bonchev–Trinajstić information content (AvgIpc) is 2.40. The average molecular weight is 304 g/mol. The lowest BCUT2D eigenvalue weighted by atomic mass is 10.2. The molecule has 0 aromatic heterocycles. The van der Waals surface area contributed by atoms with Crippen LogP contribution in [0.3, 0.4) is 0 Å². The van der Waals surface area contributed by atoms with E-state index in [4.69, 9.17) is 9.84 Å². The summed E-state index contributed by atoms with van der Waals surface area (Å²) < 4.78 is 31.8. The fourth-order valence-electron chi connectivity index (χ4n) is 1.61. The quantitative estimate of drug-likeness (QED) is 0.560. The van der Waals surface area contributed by atoms with Gasteiger partial charge in [0.2, 0.25) is 5.82 Å². The number of carboxylic acids is 1. The maximum Gasteiger partial charge on any atom is 0.320 e. The molecule has 0 radical (unpaired) electrons. The molecule has 0 bridgehead atoms. The Morgan fingerprint density at radius 3 is 2.67 bits per heavy atom. The van der Waals surface area contributed by atoms with Crippen LogP contribution in [-0.4, -0.2) is 35.2 Å². The van der Waals surface area contributed by atoms with E-state index >= 15 is 0 Å². The minimum atomic E-state index is -1.22. The summed E-state index contributed by atoms with van der Waals surface area (Å²) in [5.74, 6) is -3.90. The van der Waals surface area contributed by atoms with Crippen molar-refractivity contribution >= 4 is 11.7 Å². The standard InChI is InChI=1S/C12H14F2N2O5/c1-2-15-9(12(17)18)3-4-21-11-6-7(13)10(16(19)20)5-8(11)14/h5-6,9,15H,2-4H2,1H3,(H,17,18). The van der Waals surface area contributed by atoms with E-state index in [2.05, 4.69) is 5.32 Å². The Labute approximate surface area is 118 Å². The normalized spacial score (nSPS) is 12.0. The number of nitrogens with zero attached hydrogens (tertiary/aromatic N) is 1. The molecule has 0 aliphatic heterocycles. The zero-order chi connectivity index (χ0) is 16.0. The first-order valence-corrected chi connectivity index (χ1v) is 6.09. The molecule has 0 aliphatic carbocycles. The summed E-state index contributed by atoms with van der Waals surface area (Å²) in [7, 11) is 0. The minimum Gasteiger partial charge on any atom is -0.490 e. The fraction of sp³-hybridized carbons (Fsp3) is 0.417. The maximum absolute atomic E-state index is 13.5. The lowest BCUT2D eigenvalue weighted by Crippen LogP contribution is -2.37. The third-order valence-corrected chi connectivity index (χ3v) is 2.61. The zero-order valence-electron chi connectivity index (χ0n) is 11.1. The third kappa shape index (κ3) is 4.63. The van der Waals surface area contributed by atoms with Crippen LogP contribution in [-0.2, 0) is 4.79 Å². The van der Waals surface area contributed by atoms with Gasteiger partial charge in [-0.2, -0.15) is 4.39 Å². The number of nitro benzene ring substituents is 1. The van der Waals surface area contributed by atoms with Gasteiger partial charge in [-0.3, -0.25) is 14.9 Å². The molecule has 21 heavy (non-hydrogen) atoms. The van der Waals surface area contributed by atoms with E-state index in [1.54, 1.807) is 6.92 Å². The van der Waals surface area contributed by atoms with Crippen molar-refractivity contribution in [1.29, 1.82) is 0 Å². The second kappa shape index (κ2) is 7.48. The smallest absolute Gasteiger partial charge is 0.320 e. The number of nitro groups is 1. The zero-order valence-corrected chi connectivity index (χ0v) is 11.1. The summed E-state index contributed by atoms with van der Waals surface area (Å²) >= 11 is 0. The number of hydrogen-bond donors (Lipinski definition) is 2. The van der Waals surface area contributed by atoms with Gasteiger partial charge in [-0.15, -0.1) is 0 Å². The molecule has 2 N–H and O–H groups in total. The first kappa shape index (κ1) is 16.8. The van der Waals surface area contributed by atoms with Gasteiger partial charge in [-0.25, -0.2) is 4.39 Å². The second-order valence-electron chi connectivity index (χ2n) is 4.08. The predicted molar refractivity (Wildman–Crippen MR) is 68.2 cm³/mol. The Morgan fingerprint density at radius 1 is 1.48 bits per heavy atom. The number of likely N-dealkylation sites (N-methyl/N-ethyl adjacent to an activating group) is 1. The van der Waals surface area contributed by atoms with E-state index in [0.717, 1.165) is 0 Å². The van der Waals surface area contributed by atoms with Crippen LogP contribution in [0.5, 0.6) is 5.75 Å². The van der Waals surface area contributed by atoms with Crippen molar-refractivity contribution in [1.82, 2.24) is 5.32 Å². The van der Waals surface area contributed by atoms with E-state index in [-0.39, 0.29) is 13.0 Å². The van der Waals surface area contributed by atoms with Crippen LogP contribution in [0, 0.1) is 21.7 Å². The highest BCUT2D eigenvalue weighted by Crippen LogP contribution is 2.26. The Balaban J connectivity index is 2.70. The molecule has 1 aromatic rings. The van der Waals surface area contributed by atoms with Crippen LogP contribution in [0.1, 0.15) is 13.3 Å². The van der Waals surface area contributed by atoms with E-state index in [0.29, 0.717) is 18.7 Å². The van der Waals surface area contributed by atoms with E-state index in [1.807, 2.05) is 0 Å². The Bertz CT molecular complexity index is 539. The first-order chi connectivity index (χ1) is 9.86. The molecule has 7 nitrogen and oxygen atoms in total. The number of halogens is 2. The van der Waals surface area contributed by atoms with Crippen molar-refractivity contribution in [3.63, 3.8) is 0 Å². The SMILES string of the molecule is CCNC(CCOc1cc(F)c([N+](=O)[O-])cc1F)C(=O)O. The number of carbonyl (C=O) groups is 1. The molecular formula is C12H14F2N2O5. The molecule has 0 saturated carbocycles. The van der Waals surface area contributed by atoms with Crippen molar-refractivity contribution in [2.75, 3.05) is 13.2 Å². The molecule has 1 atom stereocenters. The highest BCUT2D eigenvalue weighted by atomic mass is 19.1. The van der Waals surface area contributed by atoms with E-state index in [1.165, 1.54) is 0 Å². The van der Waals surface area contributed by atoms with Gasteiger partial charge in [0.15, 0.2) is 11.6 Å². The monoisotopic (exact) mass is 304 g/mol. The van der Waals surface area contributed by atoms with Crippen LogP contribution in [0.25, 0.3) is 0 Å². The Kier molecular flexibility index (Phi) is 5.97. The Morgan fingerprint density at radius 2 is 2.14 bits per heavy atom. The second-order valence-corrected chi connectivity index (χ2v) is 4.08. The van der Waals surface area contributed by atoms with Gasteiger partial charge < -0.3 is 15.2 Å². The molecule has 116 valence electrons. The van der Waals surface area contributed by atoms with Gasteiger partial charge in [0.1, 0.15) is 6.04 Å². The molecular weight excluding hydrogens is 290 g/mol. The van der Waals surface area contributed by atoms with Gasteiger partial charge in [-0.1, -0.05) is 6.92 Å². The van der Waals surface area contributed by atoms with Gasteiger partial charge >= 0.3 is 11.7 Å². The third-order valence-electron chi connectivity index (χ3n) is 2.61. The van der Waals surface area contributed by atoms with Crippen LogP contribution in [0.15, 0.2) is 12.1 Å². The predicted octanol–water partition coefficient (Wildman–Crippen LogP) is 1.70. The summed E-state index contributed by atoms with van der Waals surface area (Å²) in [6.07, 6.45) is 0.0290. The van der Waals surface area contributed by atoms with E-state index < -0.39 is 40.0 Å². The molecule has 0 heterocycles. The molecule has 1 aromatic carbocycles. The molecule has 9 heteroatoms. The summed E-state index contributed by atoms with van der Waals surface area (Å²) in [5, 5.41) is 22.0.